The van der Waals surface area contributed by atoms with E-state index < -0.39 is 5.97 Å². The second-order valence-corrected chi connectivity index (χ2v) is 12.0. The number of carbonyl (C=O) groups is 1. The molecule has 3 heterocycles. The molecule has 0 atom stereocenters. The van der Waals surface area contributed by atoms with E-state index in [4.69, 9.17) is 21.2 Å². The molecule has 0 amide bonds. The van der Waals surface area contributed by atoms with Crippen LogP contribution in [0.5, 0.6) is 0 Å². The van der Waals surface area contributed by atoms with Crippen molar-refractivity contribution in [2.24, 2.45) is 0 Å². The van der Waals surface area contributed by atoms with Gasteiger partial charge in [-0.25, -0.2) is 4.79 Å². The van der Waals surface area contributed by atoms with Crippen molar-refractivity contribution in [3.05, 3.63) is 113 Å². The van der Waals surface area contributed by atoms with Crippen LogP contribution in [0.2, 0.25) is 5.02 Å². The van der Waals surface area contributed by atoms with Gasteiger partial charge in [-0.2, -0.15) is 0 Å². The minimum atomic E-state index is -0.477. The molecule has 9 nitrogen and oxygen atoms in total. The number of methoxy groups -OCH3 is 1. The van der Waals surface area contributed by atoms with E-state index in [1.54, 1.807) is 12.1 Å². The van der Waals surface area contributed by atoms with Crippen molar-refractivity contribution in [3.63, 3.8) is 0 Å². The zero-order valence-electron chi connectivity index (χ0n) is 25.2. The van der Waals surface area contributed by atoms with Crippen LogP contribution in [0.25, 0.3) is 11.0 Å². The Hall–Kier alpha value is -4.60. The Morgan fingerprint density at radius 2 is 1.24 bits per heavy atom. The van der Waals surface area contributed by atoms with Gasteiger partial charge >= 0.3 is 5.97 Å². The highest BCUT2D eigenvalue weighted by atomic mass is 35.5. The summed E-state index contributed by atoms with van der Waals surface area (Å²) in [5.74, 6) is -0.477. The van der Waals surface area contributed by atoms with E-state index in [2.05, 4.69) is 61.4 Å². The van der Waals surface area contributed by atoms with Crippen LogP contribution in [-0.4, -0.2) is 67.5 Å². The molecule has 5 aromatic rings. The summed E-state index contributed by atoms with van der Waals surface area (Å²) in [6.07, 6.45) is 1.85. The third-order valence-electron chi connectivity index (χ3n) is 9.15. The van der Waals surface area contributed by atoms with Crippen molar-refractivity contribution < 1.29 is 14.4 Å². The number of piperazine rings is 1. The van der Waals surface area contributed by atoms with Crippen LogP contribution in [0.1, 0.15) is 28.8 Å². The molecule has 0 radical (unpaired) electrons. The van der Waals surface area contributed by atoms with Gasteiger partial charge in [0.25, 0.3) is 0 Å². The maximum atomic E-state index is 12.7. The first-order valence-electron chi connectivity index (χ1n) is 15.3. The Labute approximate surface area is 267 Å². The average molecular weight is 623 g/mol. The van der Waals surface area contributed by atoms with Gasteiger partial charge in [0.15, 0.2) is 0 Å². The van der Waals surface area contributed by atoms with Crippen molar-refractivity contribution in [3.8, 4) is 0 Å². The van der Waals surface area contributed by atoms with Crippen molar-refractivity contribution >= 4 is 45.7 Å². The number of halogens is 1. The van der Waals surface area contributed by atoms with Gasteiger partial charge in [0.1, 0.15) is 11.0 Å². The van der Waals surface area contributed by atoms with Gasteiger partial charge in [-0.1, -0.05) is 40.7 Å². The zero-order valence-corrected chi connectivity index (χ0v) is 25.9. The third kappa shape index (κ3) is 5.93. The predicted molar refractivity (Wildman–Crippen MR) is 177 cm³/mol. The molecule has 2 fully saturated rings. The summed E-state index contributed by atoms with van der Waals surface area (Å²) in [7, 11) is 1.81. The second kappa shape index (κ2) is 12.4. The first-order chi connectivity index (χ1) is 22.0. The van der Waals surface area contributed by atoms with Crippen LogP contribution >= 0.6 is 11.6 Å². The number of aromatic nitrogens is 3. The molecule has 0 bridgehead atoms. The van der Waals surface area contributed by atoms with Crippen LogP contribution in [-0.2, 0) is 10.3 Å². The lowest BCUT2D eigenvalue weighted by Gasteiger charge is -2.42. The summed E-state index contributed by atoms with van der Waals surface area (Å²) in [6, 6.07) is 31.9. The average Bonchev–Trinajstić information content (AvgIpc) is 3.51. The number of hydrogen-bond acceptors (Lipinski definition) is 8. The highest BCUT2D eigenvalue weighted by Gasteiger charge is 2.36. The molecule has 10 heteroatoms. The molecule has 1 aromatic heterocycles. The van der Waals surface area contributed by atoms with E-state index in [0.29, 0.717) is 16.6 Å². The minimum Gasteiger partial charge on any atom is -0.373 e. The van der Waals surface area contributed by atoms with Crippen LogP contribution < -0.4 is 19.5 Å². The van der Waals surface area contributed by atoms with E-state index in [-0.39, 0.29) is 5.60 Å². The molecule has 2 aliphatic rings. The van der Waals surface area contributed by atoms with E-state index in [1.165, 1.54) is 21.8 Å². The van der Waals surface area contributed by atoms with Crippen LogP contribution in [0.4, 0.5) is 17.1 Å². The zero-order chi connectivity index (χ0) is 30.8. The summed E-state index contributed by atoms with van der Waals surface area (Å²) in [6.45, 7) is 5.50. The monoisotopic (exact) mass is 622 g/mol. The Kier molecular flexibility index (Phi) is 8.04. The highest BCUT2D eigenvalue weighted by molar-refractivity contribution is 6.30. The number of para-hydroxylation sites is 1. The minimum absolute atomic E-state index is 0.266. The first-order valence-corrected chi connectivity index (χ1v) is 15.7. The molecule has 0 aliphatic carbocycles. The standard InChI is InChI=1S/C35H35ClN6O3/c1-44-35(27-8-10-28(36)11-9-27)18-20-39(21-19-35)30-14-16-31(17-15-30)41-24-22-40(23-25-41)29-12-6-26(7-13-29)34(43)45-42-33-5-3-2-4-32(33)37-38-42/h2-17H,18-25H2,1H3. The van der Waals surface area contributed by atoms with Crippen molar-refractivity contribution in [1.82, 2.24) is 15.2 Å². The molecule has 0 spiro atoms. The molecular formula is C35H35ClN6O3. The molecule has 2 aliphatic heterocycles. The van der Waals surface area contributed by atoms with Crippen LogP contribution in [0, 0.1) is 0 Å². The molecule has 0 N–H and O–H groups in total. The summed E-state index contributed by atoms with van der Waals surface area (Å²) in [5.41, 5.74) is 6.27. The van der Waals surface area contributed by atoms with Gasteiger partial charge in [0.05, 0.1) is 11.2 Å². The molecule has 4 aromatic carbocycles. The molecular weight excluding hydrogens is 588 g/mol. The maximum Gasteiger partial charge on any atom is 0.365 e. The van der Waals surface area contributed by atoms with Crippen molar-refractivity contribution in [2.75, 3.05) is 61.1 Å². The van der Waals surface area contributed by atoms with E-state index in [1.807, 2.05) is 55.6 Å². The summed E-state index contributed by atoms with van der Waals surface area (Å²) >= 11 is 6.12. The van der Waals surface area contributed by atoms with E-state index >= 15 is 0 Å². The highest BCUT2D eigenvalue weighted by Crippen LogP contribution is 2.38. The number of fused-ring (bicyclic) bond motifs is 1. The van der Waals surface area contributed by atoms with Gasteiger partial charge < -0.3 is 24.3 Å². The lowest BCUT2D eigenvalue weighted by atomic mass is 9.84. The number of nitrogens with zero attached hydrogens (tertiary/aromatic N) is 6. The van der Waals surface area contributed by atoms with Gasteiger partial charge in [-0.15, -0.1) is 5.10 Å². The smallest absolute Gasteiger partial charge is 0.365 e. The Bertz CT molecular complexity index is 1760. The second-order valence-electron chi connectivity index (χ2n) is 11.6. The number of piperidine rings is 1. The molecule has 7 rings (SSSR count). The summed E-state index contributed by atoms with van der Waals surface area (Å²) in [5, 5.41) is 8.71. The SMILES string of the molecule is COC1(c2ccc(Cl)cc2)CCN(c2ccc(N3CCN(c4ccc(C(=O)On5nnc6ccccc65)cc4)CC3)cc2)CC1. The number of rotatable bonds is 7. The maximum absolute atomic E-state index is 12.7. The van der Waals surface area contributed by atoms with Crippen molar-refractivity contribution in [1.29, 1.82) is 0 Å². The van der Waals surface area contributed by atoms with Gasteiger partial charge in [-0.05, 0) is 96.4 Å². The number of benzene rings is 4. The lowest BCUT2D eigenvalue weighted by molar-refractivity contribution is -0.0346. The molecule has 2 saturated heterocycles. The molecule has 230 valence electrons. The van der Waals surface area contributed by atoms with Gasteiger partial charge in [0.2, 0.25) is 0 Å². The number of anilines is 3. The van der Waals surface area contributed by atoms with Gasteiger partial charge in [-0.3, -0.25) is 0 Å². The van der Waals surface area contributed by atoms with E-state index in [9.17, 15) is 4.79 Å². The summed E-state index contributed by atoms with van der Waals surface area (Å²) in [4.78, 5) is 26.6. The quantitative estimate of drug-likeness (QED) is 0.210. The predicted octanol–water partition coefficient (Wildman–Crippen LogP) is 5.82. The fourth-order valence-corrected chi connectivity index (χ4v) is 6.57. The Balaban J connectivity index is 0.918. The van der Waals surface area contributed by atoms with E-state index in [0.717, 1.165) is 62.8 Å². The summed E-state index contributed by atoms with van der Waals surface area (Å²) < 4.78 is 6.07. The Morgan fingerprint density at radius 3 is 1.82 bits per heavy atom. The van der Waals surface area contributed by atoms with Gasteiger partial charge in [0, 0.05) is 68.5 Å². The third-order valence-corrected chi connectivity index (χ3v) is 9.40. The Morgan fingerprint density at radius 1 is 0.711 bits per heavy atom. The molecule has 45 heavy (non-hydrogen) atoms. The van der Waals surface area contributed by atoms with Crippen molar-refractivity contribution in [2.45, 2.75) is 18.4 Å². The number of ether oxygens (including phenoxy) is 1. The fourth-order valence-electron chi connectivity index (χ4n) is 6.44. The molecule has 0 saturated carbocycles. The fraction of sp³-hybridized carbons (Fsp3) is 0.286. The first kappa shape index (κ1) is 29.1. The largest absolute Gasteiger partial charge is 0.373 e. The lowest BCUT2D eigenvalue weighted by Crippen LogP contribution is -2.46. The number of hydrogen-bond donors (Lipinski definition) is 0. The van der Waals surface area contributed by atoms with Crippen LogP contribution in [0.15, 0.2) is 97.1 Å². The number of carbonyl (C=O) groups excluding carboxylic acids is 1. The normalized spacial score (nSPS) is 16.6. The van der Waals surface area contributed by atoms with Crippen LogP contribution in [0.3, 0.4) is 0 Å². The molecule has 0 unspecified atom stereocenters. The topological polar surface area (TPSA) is 76.0 Å².